The van der Waals surface area contributed by atoms with E-state index in [0.29, 0.717) is 21.7 Å². The second-order valence-corrected chi connectivity index (χ2v) is 8.44. The van der Waals surface area contributed by atoms with Crippen molar-refractivity contribution in [3.8, 4) is 5.75 Å². The first-order valence-corrected chi connectivity index (χ1v) is 8.87. The van der Waals surface area contributed by atoms with E-state index in [1.807, 2.05) is 31.5 Å². The molecule has 0 bridgehead atoms. The monoisotopic (exact) mass is 395 g/mol. The molecule has 0 saturated heterocycles. The Hall–Kier alpha value is -1.63. The van der Waals surface area contributed by atoms with Gasteiger partial charge in [-0.1, -0.05) is 26.0 Å². The Morgan fingerprint density at radius 3 is 2.58 bits per heavy atom. The van der Waals surface area contributed by atoms with E-state index in [-0.39, 0.29) is 0 Å². The fourth-order valence-corrected chi connectivity index (χ4v) is 2.98. The first-order valence-electron chi connectivity index (χ1n) is 8.07. The molecule has 0 spiro atoms. The summed E-state index contributed by atoms with van der Waals surface area (Å²) < 4.78 is 8.49. The van der Waals surface area contributed by atoms with Gasteiger partial charge in [-0.3, -0.25) is 0 Å². The largest absolute Gasteiger partial charge is 0.478 e. The lowest BCUT2D eigenvalue weighted by molar-refractivity contribution is -0.163. The number of carboxylic acid groups (broad SMARTS) is 1. The number of halogens is 1. The highest BCUT2D eigenvalue weighted by Crippen LogP contribution is 2.40. The summed E-state index contributed by atoms with van der Waals surface area (Å²) in [5.74, 6) is 0.154. The Labute approximate surface area is 149 Å². The van der Waals surface area contributed by atoms with Gasteiger partial charge in [0, 0.05) is 12.0 Å². The molecule has 1 unspecified atom stereocenters. The SMILES string of the molecule is CC(C)(C)C(C)(Oc1ccc2c(nnn2CC2CC2)c1Br)C(=O)O. The fraction of sp³-hybridized carbons (Fsp3) is 0.588. The van der Waals surface area contributed by atoms with E-state index in [9.17, 15) is 9.90 Å². The van der Waals surface area contributed by atoms with Gasteiger partial charge < -0.3 is 9.84 Å². The predicted octanol–water partition coefficient (Wildman–Crippen LogP) is 3.87. The third-order valence-electron chi connectivity index (χ3n) is 4.87. The maximum atomic E-state index is 11.8. The molecule has 1 heterocycles. The zero-order chi connectivity index (χ0) is 17.7. The maximum absolute atomic E-state index is 11.8. The van der Waals surface area contributed by atoms with Crippen molar-refractivity contribution in [1.29, 1.82) is 0 Å². The zero-order valence-electron chi connectivity index (χ0n) is 14.3. The number of rotatable bonds is 5. The molecule has 1 aliphatic carbocycles. The maximum Gasteiger partial charge on any atom is 0.348 e. The molecule has 1 N–H and O–H groups in total. The molecule has 6 nitrogen and oxygen atoms in total. The van der Waals surface area contributed by atoms with Gasteiger partial charge in [0.05, 0.1) is 9.99 Å². The molecule has 1 aromatic heterocycles. The van der Waals surface area contributed by atoms with E-state index in [1.54, 1.807) is 13.0 Å². The molecule has 3 rings (SSSR count). The van der Waals surface area contributed by atoms with Crippen LogP contribution in [0.1, 0.15) is 40.5 Å². The van der Waals surface area contributed by atoms with Gasteiger partial charge in [-0.25, -0.2) is 9.48 Å². The van der Waals surface area contributed by atoms with E-state index in [1.165, 1.54) is 12.8 Å². The first kappa shape index (κ1) is 17.2. The second kappa shape index (κ2) is 5.72. The van der Waals surface area contributed by atoms with Crippen molar-refractivity contribution in [2.45, 2.75) is 52.7 Å². The standard InChI is InChI=1S/C17H22BrN3O3/c1-16(2,3)17(4,15(22)23)24-12-8-7-11-14(13(12)18)19-20-21(11)9-10-5-6-10/h7-8,10H,5-6,9H2,1-4H3,(H,22,23). The number of benzene rings is 1. The molecule has 130 valence electrons. The van der Waals surface area contributed by atoms with Crippen LogP contribution in [0, 0.1) is 11.3 Å². The molecular formula is C17H22BrN3O3. The molecule has 1 aromatic carbocycles. The summed E-state index contributed by atoms with van der Waals surface area (Å²) in [6.07, 6.45) is 2.48. The van der Waals surface area contributed by atoms with Crippen molar-refractivity contribution in [1.82, 2.24) is 15.0 Å². The van der Waals surface area contributed by atoms with Crippen molar-refractivity contribution in [3.05, 3.63) is 16.6 Å². The average molecular weight is 396 g/mol. The van der Waals surface area contributed by atoms with Gasteiger partial charge in [-0.05, 0) is 53.7 Å². The lowest BCUT2D eigenvalue weighted by Gasteiger charge is -2.38. The lowest BCUT2D eigenvalue weighted by Crippen LogP contribution is -2.52. The molecule has 24 heavy (non-hydrogen) atoms. The van der Waals surface area contributed by atoms with E-state index in [4.69, 9.17) is 4.74 Å². The van der Waals surface area contributed by atoms with Crippen molar-refractivity contribution in [3.63, 3.8) is 0 Å². The predicted molar refractivity (Wildman–Crippen MR) is 94.1 cm³/mol. The Morgan fingerprint density at radius 1 is 1.38 bits per heavy atom. The van der Waals surface area contributed by atoms with Crippen LogP contribution in [-0.4, -0.2) is 31.7 Å². The van der Waals surface area contributed by atoms with E-state index in [2.05, 4.69) is 26.2 Å². The minimum atomic E-state index is -1.37. The number of carbonyl (C=O) groups is 1. The first-order chi connectivity index (χ1) is 11.1. The van der Waals surface area contributed by atoms with Gasteiger partial charge in [0.1, 0.15) is 11.3 Å². The second-order valence-electron chi connectivity index (χ2n) is 7.65. The normalized spacial score (nSPS) is 17.7. The third-order valence-corrected chi connectivity index (χ3v) is 5.64. The number of aliphatic carboxylic acids is 1. The van der Waals surface area contributed by atoms with Crippen LogP contribution in [0.4, 0.5) is 0 Å². The average Bonchev–Trinajstić information content (AvgIpc) is 3.20. The molecule has 0 amide bonds. The molecule has 1 atom stereocenters. The van der Waals surface area contributed by atoms with Crippen LogP contribution >= 0.6 is 15.9 Å². The minimum Gasteiger partial charge on any atom is -0.478 e. The van der Waals surface area contributed by atoms with Crippen LogP contribution in [0.25, 0.3) is 11.0 Å². The number of nitrogens with zero attached hydrogens (tertiary/aromatic N) is 3. The summed E-state index contributed by atoms with van der Waals surface area (Å²) in [6.45, 7) is 8.01. The van der Waals surface area contributed by atoms with Crippen LogP contribution in [0.5, 0.6) is 5.75 Å². The third kappa shape index (κ3) is 2.90. The van der Waals surface area contributed by atoms with Gasteiger partial charge in [-0.2, -0.15) is 0 Å². The molecule has 2 aromatic rings. The molecule has 1 aliphatic rings. The van der Waals surface area contributed by atoms with Gasteiger partial charge in [0.2, 0.25) is 5.60 Å². The zero-order valence-corrected chi connectivity index (χ0v) is 15.9. The Balaban J connectivity index is 1.98. The quantitative estimate of drug-likeness (QED) is 0.830. The molecule has 0 aliphatic heterocycles. The highest BCUT2D eigenvalue weighted by Gasteiger charge is 2.47. The smallest absolute Gasteiger partial charge is 0.348 e. The van der Waals surface area contributed by atoms with Crippen molar-refractivity contribution < 1.29 is 14.6 Å². The van der Waals surface area contributed by atoms with Crippen LogP contribution in [-0.2, 0) is 11.3 Å². The van der Waals surface area contributed by atoms with E-state index < -0.39 is 17.0 Å². The summed E-state index contributed by atoms with van der Waals surface area (Å²) in [5, 5.41) is 18.1. The number of aromatic nitrogens is 3. The van der Waals surface area contributed by atoms with Gasteiger partial charge >= 0.3 is 5.97 Å². The highest BCUT2D eigenvalue weighted by molar-refractivity contribution is 9.10. The van der Waals surface area contributed by atoms with Crippen LogP contribution < -0.4 is 4.74 Å². The molecule has 1 saturated carbocycles. The number of carboxylic acids is 1. The summed E-state index contributed by atoms with van der Waals surface area (Å²) in [5.41, 5.74) is -0.340. The molecule has 7 heteroatoms. The van der Waals surface area contributed by atoms with Gasteiger partial charge in [-0.15, -0.1) is 5.10 Å². The Kier molecular flexibility index (Phi) is 4.10. The molecule has 1 fully saturated rings. The number of ether oxygens (including phenoxy) is 1. The number of fused-ring (bicyclic) bond motifs is 1. The van der Waals surface area contributed by atoms with Gasteiger partial charge in [0.25, 0.3) is 0 Å². The van der Waals surface area contributed by atoms with Gasteiger partial charge in [0.15, 0.2) is 0 Å². The van der Waals surface area contributed by atoms with Crippen molar-refractivity contribution in [2.24, 2.45) is 11.3 Å². The topological polar surface area (TPSA) is 77.2 Å². The van der Waals surface area contributed by atoms with Crippen molar-refractivity contribution >= 4 is 32.9 Å². The summed E-state index contributed by atoms with van der Waals surface area (Å²) in [7, 11) is 0. The lowest BCUT2D eigenvalue weighted by atomic mass is 9.77. The van der Waals surface area contributed by atoms with E-state index in [0.717, 1.165) is 12.1 Å². The van der Waals surface area contributed by atoms with Crippen LogP contribution in [0.2, 0.25) is 0 Å². The molecule has 0 radical (unpaired) electrons. The fourth-order valence-electron chi connectivity index (χ4n) is 2.48. The van der Waals surface area contributed by atoms with Crippen molar-refractivity contribution in [2.75, 3.05) is 0 Å². The minimum absolute atomic E-state index is 0.459. The summed E-state index contributed by atoms with van der Waals surface area (Å²) in [4.78, 5) is 11.8. The summed E-state index contributed by atoms with van der Waals surface area (Å²) in [6, 6.07) is 3.68. The molecular weight excluding hydrogens is 374 g/mol. The summed E-state index contributed by atoms with van der Waals surface area (Å²) >= 11 is 3.51. The Bertz CT molecular complexity index is 792. The Morgan fingerprint density at radius 2 is 2.04 bits per heavy atom. The van der Waals surface area contributed by atoms with Crippen LogP contribution in [0.3, 0.4) is 0 Å². The van der Waals surface area contributed by atoms with E-state index >= 15 is 0 Å². The highest BCUT2D eigenvalue weighted by atomic mass is 79.9. The number of hydrogen-bond donors (Lipinski definition) is 1. The number of hydrogen-bond acceptors (Lipinski definition) is 4. The van der Waals surface area contributed by atoms with Crippen LogP contribution in [0.15, 0.2) is 16.6 Å².